The summed E-state index contributed by atoms with van der Waals surface area (Å²) in [6.07, 6.45) is -2.94. The van der Waals surface area contributed by atoms with Crippen molar-refractivity contribution in [2.75, 3.05) is 14.1 Å². The summed E-state index contributed by atoms with van der Waals surface area (Å²) in [5.74, 6) is -0.182. The van der Waals surface area contributed by atoms with Gasteiger partial charge in [-0.1, -0.05) is 18.2 Å². The lowest BCUT2D eigenvalue weighted by Gasteiger charge is -2.17. The third kappa shape index (κ3) is 3.13. The van der Waals surface area contributed by atoms with Crippen LogP contribution in [0.2, 0.25) is 0 Å². The highest BCUT2D eigenvalue weighted by Gasteiger charge is 2.34. The fourth-order valence-corrected chi connectivity index (χ4v) is 2.14. The van der Waals surface area contributed by atoms with Crippen LogP contribution < -0.4 is 0 Å². The topological polar surface area (TPSA) is 38.1 Å². The summed E-state index contributed by atoms with van der Waals surface area (Å²) in [5.41, 5.74) is -0.559. The fourth-order valence-electron chi connectivity index (χ4n) is 2.14. The van der Waals surface area contributed by atoms with Gasteiger partial charge in [-0.15, -0.1) is 0 Å². The van der Waals surface area contributed by atoms with E-state index in [-0.39, 0.29) is 17.2 Å². The number of alkyl halides is 3. The predicted octanol–water partition coefficient (Wildman–Crippen LogP) is 3.22. The standard InChI is InChI=1S/C15H16F3N3O/c1-10(14(22)20(2)3)21-9-8-13(19-21)11-6-4-5-7-12(11)15(16,17)18/h4-10H,1-3H3. The number of carbonyl (C=O) groups is 1. The first-order chi connectivity index (χ1) is 10.2. The summed E-state index contributed by atoms with van der Waals surface area (Å²) in [5, 5.41) is 4.13. The lowest BCUT2D eigenvalue weighted by molar-refractivity contribution is -0.137. The van der Waals surface area contributed by atoms with Crippen LogP contribution in [0.25, 0.3) is 11.3 Å². The highest BCUT2D eigenvalue weighted by molar-refractivity contribution is 5.79. The van der Waals surface area contributed by atoms with Crippen molar-refractivity contribution in [3.05, 3.63) is 42.1 Å². The lowest BCUT2D eigenvalue weighted by atomic mass is 10.0. The van der Waals surface area contributed by atoms with Crippen molar-refractivity contribution < 1.29 is 18.0 Å². The van der Waals surface area contributed by atoms with Gasteiger partial charge in [0.25, 0.3) is 0 Å². The second-order valence-electron chi connectivity index (χ2n) is 5.13. The largest absolute Gasteiger partial charge is 0.417 e. The van der Waals surface area contributed by atoms with Crippen molar-refractivity contribution >= 4 is 5.91 Å². The SMILES string of the molecule is CC(C(=O)N(C)C)n1ccc(-c2ccccc2C(F)(F)F)n1. The van der Waals surface area contributed by atoms with Crippen molar-refractivity contribution in [2.24, 2.45) is 0 Å². The molecular formula is C15H16F3N3O. The number of hydrogen-bond acceptors (Lipinski definition) is 2. The number of halogens is 3. The van der Waals surface area contributed by atoms with Gasteiger partial charge in [0.2, 0.25) is 5.91 Å². The van der Waals surface area contributed by atoms with E-state index < -0.39 is 17.8 Å². The van der Waals surface area contributed by atoms with Crippen LogP contribution in [0.3, 0.4) is 0 Å². The normalized spacial score (nSPS) is 13.0. The molecule has 1 amide bonds. The Morgan fingerprint density at radius 3 is 2.45 bits per heavy atom. The van der Waals surface area contributed by atoms with Crippen molar-refractivity contribution in [2.45, 2.75) is 19.1 Å². The monoisotopic (exact) mass is 311 g/mol. The summed E-state index contributed by atoms with van der Waals surface area (Å²) in [6, 6.07) is 6.14. The quantitative estimate of drug-likeness (QED) is 0.873. The van der Waals surface area contributed by atoms with Crippen LogP contribution in [0.1, 0.15) is 18.5 Å². The van der Waals surface area contributed by atoms with Gasteiger partial charge in [0.1, 0.15) is 6.04 Å². The van der Waals surface area contributed by atoms with Crippen molar-refractivity contribution in [3.63, 3.8) is 0 Å². The van der Waals surface area contributed by atoms with E-state index in [2.05, 4.69) is 5.10 Å². The van der Waals surface area contributed by atoms with Crippen LogP contribution in [0, 0.1) is 0 Å². The first-order valence-electron chi connectivity index (χ1n) is 6.64. The summed E-state index contributed by atoms with van der Waals surface area (Å²) in [7, 11) is 3.23. The van der Waals surface area contributed by atoms with Crippen LogP contribution in [0.15, 0.2) is 36.5 Å². The molecular weight excluding hydrogens is 295 g/mol. The zero-order chi connectivity index (χ0) is 16.5. The molecule has 0 fully saturated rings. The highest BCUT2D eigenvalue weighted by Crippen LogP contribution is 2.36. The number of hydrogen-bond donors (Lipinski definition) is 0. The number of rotatable bonds is 3. The molecule has 0 radical (unpaired) electrons. The van der Waals surface area contributed by atoms with E-state index in [9.17, 15) is 18.0 Å². The van der Waals surface area contributed by atoms with Crippen molar-refractivity contribution in [1.82, 2.24) is 14.7 Å². The molecule has 4 nitrogen and oxygen atoms in total. The average Bonchev–Trinajstić information content (AvgIpc) is 2.94. The summed E-state index contributed by atoms with van der Waals surface area (Å²) >= 11 is 0. The maximum absolute atomic E-state index is 13.0. The number of benzene rings is 1. The molecule has 1 atom stereocenters. The Kier molecular flexibility index (Phi) is 4.25. The van der Waals surface area contributed by atoms with Gasteiger partial charge < -0.3 is 4.90 Å². The molecule has 0 aliphatic carbocycles. The number of likely N-dealkylation sites (N-methyl/N-ethyl adjacent to an activating group) is 1. The van der Waals surface area contributed by atoms with E-state index in [1.54, 1.807) is 21.0 Å². The molecule has 7 heteroatoms. The number of aromatic nitrogens is 2. The van der Waals surface area contributed by atoms with Crippen LogP contribution in [0.4, 0.5) is 13.2 Å². The molecule has 1 aromatic heterocycles. The van der Waals surface area contributed by atoms with Gasteiger partial charge in [-0.3, -0.25) is 9.48 Å². The Hall–Kier alpha value is -2.31. The smallest absolute Gasteiger partial charge is 0.347 e. The van der Waals surface area contributed by atoms with E-state index in [4.69, 9.17) is 0 Å². The predicted molar refractivity (Wildman–Crippen MR) is 76.1 cm³/mol. The molecule has 2 aromatic rings. The molecule has 2 rings (SSSR count). The molecule has 0 aliphatic rings. The second kappa shape index (κ2) is 5.82. The number of nitrogens with zero attached hydrogens (tertiary/aromatic N) is 3. The molecule has 118 valence electrons. The first kappa shape index (κ1) is 16.1. The van der Waals surface area contributed by atoms with Gasteiger partial charge in [-0.05, 0) is 19.1 Å². The molecule has 1 unspecified atom stereocenters. The van der Waals surface area contributed by atoms with Gasteiger partial charge in [0.15, 0.2) is 0 Å². The molecule has 0 aliphatic heterocycles. The molecule has 0 saturated heterocycles. The summed E-state index contributed by atoms with van der Waals surface area (Å²) in [4.78, 5) is 13.3. The molecule has 1 heterocycles. The van der Waals surface area contributed by atoms with E-state index in [0.717, 1.165) is 6.07 Å². The Balaban J connectivity index is 2.40. The van der Waals surface area contributed by atoms with Crippen LogP contribution in [0.5, 0.6) is 0 Å². The zero-order valence-electron chi connectivity index (χ0n) is 12.4. The minimum Gasteiger partial charge on any atom is -0.347 e. The maximum Gasteiger partial charge on any atom is 0.417 e. The third-order valence-electron chi connectivity index (χ3n) is 3.31. The van der Waals surface area contributed by atoms with Crippen LogP contribution in [-0.2, 0) is 11.0 Å². The fraction of sp³-hybridized carbons (Fsp3) is 0.333. The third-order valence-corrected chi connectivity index (χ3v) is 3.31. The minimum atomic E-state index is -4.45. The Labute approximate surface area is 126 Å². The van der Waals surface area contributed by atoms with Crippen molar-refractivity contribution in [3.8, 4) is 11.3 Å². The molecule has 0 N–H and O–H groups in total. The Morgan fingerprint density at radius 1 is 1.23 bits per heavy atom. The van der Waals surface area contributed by atoms with E-state index in [1.165, 1.54) is 40.0 Å². The van der Waals surface area contributed by atoms with Crippen molar-refractivity contribution in [1.29, 1.82) is 0 Å². The molecule has 0 saturated carbocycles. The molecule has 0 spiro atoms. The van der Waals surface area contributed by atoms with Gasteiger partial charge in [0, 0.05) is 25.9 Å². The number of amides is 1. The molecule has 1 aromatic carbocycles. The highest BCUT2D eigenvalue weighted by atomic mass is 19.4. The summed E-state index contributed by atoms with van der Waals surface area (Å²) in [6.45, 7) is 1.65. The second-order valence-corrected chi connectivity index (χ2v) is 5.13. The number of carbonyl (C=O) groups excluding carboxylic acids is 1. The molecule has 0 bridgehead atoms. The average molecular weight is 311 g/mol. The Bertz CT molecular complexity index is 677. The van der Waals surface area contributed by atoms with E-state index in [0.29, 0.717) is 0 Å². The minimum absolute atomic E-state index is 0.00162. The van der Waals surface area contributed by atoms with Crippen LogP contribution >= 0.6 is 0 Å². The van der Waals surface area contributed by atoms with Gasteiger partial charge in [0.05, 0.1) is 11.3 Å². The first-order valence-corrected chi connectivity index (χ1v) is 6.64. The lowest BCUT2D eigenvalue weighted by Crippen LogP contribution is -2.30. The van der Waals surface area contributed by atoms with Gasteiger partial charge in [-0.25, -0.2) is 0 Å². The van der Waals surface area contributed by atoms with E-state index in [1.807, 2.05) is 0 Å². The van der Waals surface area contributed by atoms with Crippen LogP contribution in [-0.4, -0.2) is 34.7 Å². The molecule has 22 heavy (non-hydrogen) atoms. The van der Waals surface area contributed by atoms with E-state index >= 15 is 0 Å². The van der Waals surface area contributed by atoms with Gasteiger partial charge in [-0.2, -0.15) is 18.3 Å². The zero-order valence-corrected chi connectivity index (χ0v) is 12.4. The van der Waals surface area contributed by atoms with Gasteiger partial charge >= 0.3 is 6.18 Å². The Morgan fingerprint density at radius 2 is 1.86 bits per heavy atom. The maximum atomic E-state index is 13.0. The summed E-state index contributed by atoms with van der Waals surface area (Å²) < 4.78 is 40.5.